The predicted octanol–water partition coefficient (Wildman–Crippen LogP) is 2.59. The summed E-state index contributed by atoms with van der Waals surface area (Å²) in [6.45, 7) is 1.83. The number of benzene rings is 1. The molecule has 13 heavy (non-hydrogen) atoms. The average Bonchev–Trinajstić information content (AvgIpc) is 2.46. The van der Waals surface area contributed by atoms with E-state index in [4.69, 9.17) is 10.2 Å². The highest BCUT2D eigenvalue weighted by Crippen LogP contribution is 2.23. The maximum Gasteiger partial charge on any atom is 0.134 e. The largest absolute Gasteiger partial charge is 0.459 e. The van der Waals surface area contributed by atoms with Crippen molar-refractivity contribution in [2.45, 2.75) is 13.0 Å². The van der Waals surface area contributed by atoms with E-state index in [2.05, 4.69) is 0 Å². The zero-order valence-corrected chi connectivity index (χ0v) is 7.25. The summed E-state index contributed by atoms with van der Waals surface area (Å²) in [5.74, 6) is 0.421. The molecule has 1 heterocycles. The molecule has 0 bridgehead atoms. The van der Waals surface area contributed by atoms with Crippen LogP contribution in [0.5, 0.6) is 0 Å². The lowest BCUT2D eigenvalue weighted by Gasteiger charge is -1.96. The Morgan fingerprint density at radius 3 is 2.85 bits per heavy atom. The first kappa shape index (κ1) is 8.26. The van der Waals surface area contributed by atoms with Crippen LogP contribution in [0, 0.1) is 5.82 Å². The SMILES string of the molecule is CC(N)c1cc2cc(F)ccc2o1. The van der Waals surface area contributed by atoms with Crippen molar-refractivity contribution in [1.29, 1.82) is 0 Å². The van der Waals surface area contributed by atoms with E-state index in [9.17, 15) is 4.39 Å². The minimum Gasteiger partial charge on any atom is -0.459 e. The van der Waals surface area contributed by atoms with E-state index in [0.29, 0.717) is 11.3 Å². The molecule has 0 saturated heterocycles. The van der Waals surface area contributed by atoms with Crippen LogP contribution in [0.2, 0.25) is 0 Å². The minimum absolute atomic E-state index is 0.157. The van der Waals surface area contributed by atoms with Gasteiger partial charge in [-0.05, 0) is 31.2 Å². The fraction of sp³-hybridized carbons (Fsp3) is 0.200. The summed E-state index contributed by atoms with van der Waals surface area (Å²) in [5, 5.41) is 0.757. The van der Waals surface area contributed by atoms with Gasteiger partial charge >= 0.3 is 0 Å². The first-order valence-corrected chi connectivity index (χ1v) is 4.11. The molecule has 2 aromatic rings. The number of rotatable bonds is 1. The molecule has 68 valence electrons. The highest BCUT2D eigenvalue weighted by Gasteiger charge is 2.07. The van der Waals surface area contributed by atoms with Gasteiger partial charge in [-0.2, -0.15) is 0 Å². The summed E-state index contributed by atoms with van der Waals surface area (Å²) in [5.41, 5.74) is 6.30. The monoisotopic (exact) mass is 179 g/mol. The maximum absolute atomic E-state index is 12.8. The van der Waals surface area contributed by atoms with Crippen LogP contribution in [0.25, 0.3) is 11.0 Å². The van der Waals surface area contributed by atoms with Crippen molar-refractivity contribution in [2.24, 2.45) is 5.73 Å². The normalized spacial score (nSPS) is 13.5. The Morgan fingerprint density at radius 2 is 2.15 bits per heavy atom. The molecule has 0 fully saturated rings. The number of fused-ring (bicyclic) bond motifs is 1. The molecule has 0 spiro atoms. The summed E-state index contributed by atoms with van der Waals surface area (Å²) in [4.78, 5) is 0. The first-order chi connectivity index (χ1) is 6.16. The van der Waals surface area contributed by atoms with Crippen LogP contribution in [0.4, 0.5) is 4.39 Å². The Balaban J connectivity index is 2.62. The molecule has 1 atom stereocenters. The molecule has 1 aromatic carbocycles. The quantitative estimate of drug-likeness (QED) is 0.730. The van der Waals surface area contributed by atoms with Gasteiger partial charge in [-0.1, -0.05) is 0 Å². The third-order valence-electron chi connectivity index (χ3n) is 1.95. The fourth-order valence-electron chi connectivity index (χ4n) is 1.26. The summed E-state index contributed by atoms with van der Waals surface area (Å²) in [6, 6.07) is 6.02. The highest BCUT2D eigenvalue weighted by molar-refractivity contribution is 5.77. The minimum atomic E-state index is -0.260. The molecule has 0 aliphatic carbocycles. The van der Waals surface area contributed by atoms with Crippen molar-refractivity contribution in [3.05, 3.63) is 35.8 Å². The van der Waals surface area contributed by atoms with Crippen LogP contribution < -0.4 is 5.73 Å². The molecule has 1 unspecified atom stereocenters. The average molecular weight is 179 g/mol. The summed E-state index contributed by atoms with van der Waals surface area (Å²) in [6.07, 6.45) is 0. The van der Waals surface area contributed by atoms with Crippen LogP contribution in [0.15, 0.2) is 28.7 Å². The van der Waals surface area contributed by atoms with Crippen LogP contribution in [-0.2, 0) is 0 Å². The second kappa shape index (κ2) is 2.85. The van der Waals surface area contributed by atoms with E-state index in [1.807, 2.05) is 6.92 Å². The summed E-state index contributed by atoms with van der Waals surface area (Å²) >= 11 is 0. The molecule has 3 heteroatoms. The van der Waals surface area contributed by atoms with E-state index < -0.39 is 0 Å². The molecule has 2 N–H and O–H groups in total. The van der Waals surface area contributed by atoms with Crippen LogP contribution in [0.1, 0.15) is 18.7 Å². The lowest BCUT2D eigenvalue weighted by molar-refractivity contribution is 0.512. The number of furan rings is 1. The second-order valence-corrected chi connectivity index (χ2v) is 3.12. The topological polar surface area (TPSA) is 39.2 Å². The van der Waals surface area contributed by atoms with Gasteiger partial charge in [0, 0.05) is 5.39 Å². The van der Waals surface area contributed by atoms with Gasteiger partial charge in [-0.15, -0.1) is 0 Å². The molecule has 0 radical (unpaired) electrons. The van der Waals surface area contributed by atoms with Crippen molar-refractivity contribution >= 4 is 11.0 Å². The van der Waals surface area contributed by atoms with Crippen molar-refractivity contribution in [3.63, 3.8) is 0 Å². The molecular weight excluding hydrogens is 169 g/mol. The molecule has 0 aliphatic heterocycles. The molecule has 0 aliphatic rings. The van der Waals surface area contributed by atoms with Gasteiger partial charge in [0.25, 0.3) is 0 Å². The van der Waals surface area contributed by atoms with Crippen molar-refractivity contribution in [1.82, 2.24) is 0 Å². The van der Waals surface area contributed by atoms with E-state index in [1.165, 1.54) is 12.1 Å². The summed E-state index contributed by atoms with van der Waals surface area (Å²) in [7, 11) is 0. The third kappa shape index (κ3) is 1.42. The van der Waals surface area contributed by atoms with Gasteiger partial charge in [-0.25, -0.2) is 4.39 Å². The van der Waals surface area contributed by atoms with Gasteiger partial charge in [0.2, 0.25) is 0 Å². The fourth-order valence-corrected chi connectivity index (χ4v) is 1.26. The van der Waals surface area contributed by atoms with Gasteiger partial charge in [0.05, 0.1) is 6.04 Å². The standard InChI is InChI=1S/C10H10FNO/c1-6(12)10-5-7-4-8(11)2-3-9(7)13-10/h2-6H,12H2,1H3. The number of hydrogen-bond acceptors (Lipinski definition) is 2. The summed E-state index contributed by atoms with van der Waals surface area (Å²) < 4.78 is 18.2. The zero-order chi connectivity index (χ0) is 9.42. The molecular formula is C10H10FNO. The number of nitrogens with two attached hydrogens (primary N) is 1. The Hall–Kier alpha value is -1.35. The van der Waals surface area contributed by atoms with Gasteiger partial charge < -0.3 is 10.2 Å². The first-order valence-electron chi connectivity index (χ1n) is 4.11. The zero-order valence-electron chi connectivity index (χ0n) is 7.25. The Kier molecular flexibility index (Phi) is 1.81. The third-order valence-corrected chi connectivity index (χ3v) is 1.95. The van der Waals surface area contributed by atoms with Crippen LogP contribution in [-0.4, -0.2) is 0 Å². The molecule has 0 saturated carbocycles. The Labute approximate surface area is 75.1 Å². The van der Waals surface area contributed by atoms with Crippen molar-refractivity contribution in [3.8, 4) is 0 Å². The number of halogens is 1. The lowest BCUT2D eigenvalue weighted by Crippen LogP contribution is -2.02. The molecule has 2 rings (SSSR count). The van der Waals surface area contributed by atoms with Gasteiger partial charge in [0.15, 0.2) is 0 Å². The second-order valence-electron chi connectivity index (χ2n) is 3.12. The van der Waals surface area contributed by atoms with Crippen molar-refractivity contribution < 1.29 is 8.81 Å². The van der Waals surface area contributed by atoms with Gasteiger partial charge in [0.1, 0.15) is 17.2 Å². The Morgan fingerprint density at radius 1 is 1.38 bits per heavy atom. The van der Waals surface area contributed by atoms with E-state index in [-0.39, 0.29) is 11.9 Å². The lowest BCUT2D eigenvalue weighted by atomic mass is 10.2. The van der Waals surface area contributed by atoms with E-state index >= 15 is 0 Å². The van der Waals surface area contributed by atoms with E-state index in [1.54, 1.807) is 12.1 Å². The smallest absolute Gasteiger partial charge is 0.134 e. The maximum atomic E-state index is 12.8. The highest BCUT2D eigenvalue weighted by atomic mass is 19.1. The van der Waals surface area contributed by atoms with E-state index in [0.717, 1.165) is 5.39 Å². The molecule has 1 aromatic heterocycles. The molecule has 0 amide bonds. The van der Waals surface area contributed by atoms with Crippen LogP contribution >= 0.6 is 0 Å². The predicted molar refractivity (Wildman–Crippen MR) is 48.8 cm³/mol. The Bertz CT molecular complexity index is 433. The number of hydrogen-bond donors (Lipinski definition) is 1. The van der Waals surface area contributed by atoms with Crippen molar-refractivity contribution in [2.75, 3.05) is 0 Å². The van der Waals surface area contributed by atoms with Crippen LogP contribution in [0.3, 0.4) is 0 Å². The molecule has 2 nitrogen and oxygen atoms in total. The van der Waals surface area contributed by atoms with Gasteiger partial charge in [-0.3, -0.25) is 0 Å².